The molecule has 4 nitrogen and oxygen atoms in total. The summed E-state index contributed by atoms with van der Waals surface area (Å²) in [6, 6.07) is 3.58. The van der Waals surface area contributed by atoms with Crippen LogP contribution in [-0.2, 0) is 0 Å². The van der Waals surface area contributed by atoms with E-state index in [1.54, 1.807) is 12.1 Å². The van der Waals surface area contributed by atoms with E-state index >= 15 is 0 Å². The molecule has 0 aliphatic rings. The number of hydrogen-bond acceptors (Lipinski definition) is 2. The minimum absolute atomic E-state index is 0.202. The SMILES string of the molecule is CC(c1ccc(C(=O)O)[nH]1)N(C)C. The molecule has 0 spiro atoms. The number of aromatic amines is 1. The van der Waals surface area contributed by atoms with Crippen LogP contribution in [0.4, 0.5) is 0 Å². The van der Waals surface area contributed by atoms with Gasteiger partial charge in [-0.25, -0.2) is 4.79 Å². The standard InChI is InChI=1S/C9H14N2O2/c1-6(11(2)3)7-4-5-8(10-7)9(12)13/h4-6,10H,1-3H3,(H,12,13). The minimum atomic E-state index is -0.919. The van der Waals surface area contributed by atoms with Crippen LogP contribution in [0.25, 0.3) is 0 Å². The molecule has 72 valence electrons. The summed E-state index contributed by atoms with van der Waals surface area (Å²) in [5, 5.41) is 8.67. The predicted octanol–water partition coefficient (Wildman–Crippen LogP) is 1.34. The molecule has 0 aromatic carbocycles. The van der Waals surface area contributed by atoms with E-state index < -0.39 is 5.97 Å². The molecule has 0 bridgehead atoms. The molecule has 1 rings (SSSR count). The molecular weight excluding hydrogens is 168 g/mol. The number of nitrogens with zero attached hydrogens (tertiary/aromatic N) is 1. The zero-order valence-electron chi connectivity index (χ0n) is 8.03. The van der Waals surface area contributed by atoms with Crippen LogP contribution in [0.2, 0.25) is 0 Å². The van der Waals surface area contributed by atoms with Gasteiger partial charge in [0, 0.05) is 11.7 Å². The van der Waals surface area contributed by atoms with E-state index in [2.05, 4.69) is 4.98 Å². The molecule has 2 N–H and O–H groups in total. The Labute approximate surface area is 77.2 Å². The fourth-order valence-corrected chi connectivity index (χ4v) is 1.06. The monoisotopic (exact) mass is 182 g/mol. The van der Waals surface area contributed by atoms with Gasteiger partial charge in [0.15, 0.2) is 0 Å². The second-order valence-electron chi connectivity index (χ2n) is 3.27. The van der Waals surface area contributed by atoms with Crippen molar-refractivity contribution in [1.82, 2.24) is 9.88 Å². The van der Waals surface area contributed by atoms with E-state index in [-0.39, 0.29) is 11.7 Å². The summed E-state index contributed by atoms with van der Waals surface area (Å²) in [5.74, 6) is -0.919. The van der Waals surface area contributed by atoms with Crippen molar-refractivity contribution >= 4 is 5.97 Å². The van der Waals surface area contributed by atoms with E-state index in [4.69, 9.17) is 5.11 Å². The molecule has 4 heteroatoms. The summed E-state index contributed by atoms with van der Waals surface area (Å²) in [4.78, 5) is 15.4. The highest BCUT2D eigenvalue weighted by Gasteiger charge is 2.12. The third-order valence-corrected chi connectivity index (χ3v) is 2.16. The minimum Gasteiger partial charge on any atom is -0.477 e. The summed E-state index contributed by atoms with van der Waals surface area (Å²) in [6.45, 7) is 2.01. The Morgan fingerprint density at radius 1 is 1.54 bits per heavy atom. The molecule has 0 radical (unpaired) electrons. The molecule has 13 heavy (non-hydrogen) atoms. The molecule has 1 atom stereocenters. The van der Waals surface area contributed by atoms with Gasteiger partial charge in [0.2, 0.25) is 0 Å². The Morgan fingerprint density at radius 3 is 2.54 bits per heavy atom. The summed E-state index contributed by atoms with van der Waals surface area (Å²) >= 11 is 0. The smallest absolute Gasteiger partial charge is 0.352 e. The molecule has 0 aliphatic carbocycles. The van der Waals surface area contributed by atoms with Crippen LogP contribution in [0, 0.1) is 0 Å². The molecule has 0 saturated heterocycles. The van der Waals surface area contributed by atoms with E-state index in [1.165, 1.54) is 0 Å². The first-order chi connectivity index (χ1) is 6.02. The van der Waals surface area contributed by atoms with Crippen LogP contribution in [0.3, 0.4) is 0 Å². The lowest BCUT2D eigenvalue weighted by Crippen LogP contribution is -2.17. The predicted molar refractivity (Wildman–Crippen MR) is 49.9 cm³/mol. The highest BCUT2D eigenvalue weighted by molar-refractivity contribution is 5.85. The maximum atomic E-state index is 10.6. The van der Waals surface area contributed by atoms with Gasteiger partial charge in [-0.2, -0.15) is 0 Å². The number of aromatic nitrogens is 1. The van der Waals surface area contributed by atoms with Crippen molar-refractivity contribution in [3.05, 3.63) is 23.5 Å². The third-order valence-electron chi connectivity index (χ3n) is 2.16. The van der Waals surface area contributed by atoms with Gasteiger partial charge in [0.1, 0.15) is 5.69 Å². The van der Waals surface area contributed by atoms with Gasteiger partial charge in [-0.3, -0.25) is 0 Å². The number of rotatable bonds is 3. The van der Waals surface area contributed by atoms with E-state index in [9.17, 15) is 4.79 Å². The van der Waals surface area contributed by atoms with Gasteiger partial charge >= 0.3 is 5.97 Å². The van der Waals surface area contributed by atoms with E-state index in [0.717, 1.165) is 5.69 Å². The fourth-order valence-electron chi connectivity index (χ4n) is 1.06. The van der Waals surface area contributed by atoms with Crippen LogP contribution >= 0.6 is 0 Å². The number of nitrogens with one attached hydrogen (secondary N) is 1. The van der Waals surface area contributed by atoms with Crippen LogP contribution in [0.1, 0.15) is 29.1 Å². The van der Waals surface area contributed by atoms with Crippen molar-refractivity contribution in [3.8, 4) is 0 Å². The van der Waals surface area contributed by atoms with Gasteiger partial charge in [0.25, 0.3) is 0 Å². The zero-order valence-corrected chi connectivity index (χ0v) is 8.03. The molecule has 0 aliphatic heterocycles. The average Bonchev–Trinajstić information content (AvgIpc) is 2.50. The molecular formula is C9H14N2O2. The number of H-pyrrole nitrogens is 1. The van der Waals surface area contributed by atoms with Gasteiger partial charge in [-0.1, -0.05) is 0 Å². The second kappa shape index (κ2) is 3.62. The average molecular weight is 182 g/mol. The molecule has 1 unspecified atom stereocenters. The van der Waals surface area contributed by atoms with Crippen molar-refractivity contribution in [2.24, 2.45) is 0 Å². The lowest BCUT2D eigenvalue weighted by atomic mass is 10.2. The quantitative estimate of drug-likeness (QED) is 0.741. The van der Waals surface area contributed by atoms with Gasteiger partial charge < -0.3 is 15.0 Å². The Bertz CT molecular complexity index is 304. The molecule has 1 heterocycles. The third kappa shape index (κ3) is 2.09. The highest BCUT2D eigenvalue weighted by Crippen LogP contribution is 2.16. The normalized spacial score (nSPS) is 13.2. The summed E-state index contributed by atoms with van der Waals surface area (Å²) in [5.41, 5.74) is 1.16. The topological polar surface area (TPSA) is 56.3 Å². The number of aromatic carboxylic acids is 1. The molecule has 0 amide bonds. The van der Waals surface area contributed by atoms with E-state index in [0.29, 0.717) is 0 Å². The van der Waals surface area contributed by atoms with E-state index in [1.807, 2.05) is 25.9 Å². The lowest BCUT2D eigenvalue weighted by Gasteiger charge is -2.18. The summed E-state index contributed by atoms with van der Waals surface area (Å²) in [7, 11) is 3.90. The first kappa shape index (κ1) is 9.80. The Morgan fingerprint density at radius 2 is 2.15 bits per heavy atom. The van der Waals surface area contributed by atoms with Crippen LogP contribution in [0.15, 0.2) is 12.1 Å². The Balaban J connectivity index is 2.85. The van der Waals surface area contributed by atoms with Crippen LogP contribution in [-0.4, -0.2) is 35.1 Å². The van der Waals surface area contributed by atoms with Gasteiger partial charge in [-0.05, 0) is 33.2 Å². The summed E-state index contributed by atoms with van der Waals surface area (Å²) < 4.78 is 0. The van der Waals surface area contributed by atoms with Crippen molar-refractivity contribution in [3.63, 3.8) is 0 Å². The number of carbonyl (C=O) groups is 1. The fraction of sp³-hybridized carbons (Fsp3) is 0.444. The van der Waals surface area contributed by atoms with Crippen molar-refractivity contribution < 1.29 is 9.90 Å². The van der Waals surface area contributed by atoms with Crippen molar-refractivity contribution in [1.29, 1.82) is 0 Å². The molecule has 1 aromatic heterocycles. The van der Waals surface area contributed by atoms with Crippen LogP contribution in [0.5, 0.6) is 0 Å². The lowest BCUT2D eigenvalue weighted by molar-refractivity contribution is 0.0691. The number of hydrogen-bond donors (Lipinski definition) is 2. The van der Waals surface area contributed by atoms with Gasteiger partial charge in [0.05, 0.1) is 0 Å². The second-order valence-corrected chi connectivity index (χ2v) is 3.27. The maximum Gasteiger partial charge on any atom is 0.352 e. The highest BCUT2D eigenvalue weighted by atomic mass is 16.4. The Kier molecular flexibility index (Phi) is 2.72. The van der Waals surface area contributed by atoms with Crippen LogP contribution < -0.4 is 0 Å². The Hall–Kier alpha value is -1.29. The first-order valence-electron chi connectivity index (χ1n) is 4.11. The molecule has 0 saturated carbocycles. The van der Waals surface area contributed by atoms with Crippen molar-refractivity contribution in [2.45, 2.75) is 13.0 Å². The molecule has 0 fully saturated rings. The maximum absolute atomic E-state index is 10.6. The number of carboxylic acid groups (broad SMARTS) is 1. The first-order valence-corrected chi connectivity index (χ1v) is 4.11. The van der Waals surface area contributed by atoms with Crippen molar-refractivity contribution in [2.75, 3.05) is 14.1 Å². The summed E-state index contributed by atoms with van der Waals surface area (Å²) in [6.07, 6.45) is 0. The van der Waals surface area contributed by atoms with Gasteiger partial charge in [-0.15, -0.1) is 0 Å². The number of carboxylic acids is 1. The molecule has 1 aromatic rings. The zero-order chi connectivity index (χ0) is 10.0. The largest absolute Gasteiger partial charge is 0.477 e.